The lowest BCUT2D eigenvalue weighted by atomic mass is 9.85. The third kappa shape index (κ3) is 5.61. The Balaban J connectivity index is 1.36. The van der Waals surface area contributed by atoms with Crippen molar-refractivity contribution in [3.63, 3.8) is 0 Å². The van der Waals surface area contributed by atoms with E-state index >= 15 is 0 Å². The van der Waals surface area contributed by atoms with Crippen LogP contribution in [0.3, 0.4) is 0 Å². The van der Waals surface area contributed by atoms with Crippen LogP contribution in [0.25, 0.3) is 16.8 Å². The molecule has 1 unspecified atom stereocenters. The number of ether oxygens (including phenoxy) is 2. The topological polar surface area (TPSA) is 53.3 Å². The van der Waals surface area contributed by atoms with Gasteiger partial charge in [-0.1, -0.05) is 56.4 Å². The van der Waals surface area contributed by atoms with Crippen molar-refractivity contribution in [2.24, 2.45) is 5.92 Å². The highest BCUT2D eigenvalue weighted by Crippen LogP contribution is 2.43. The minimum atomic E-state index is -0.288. The van der Waals surface area contributed by atoms with Gasteiger partial charge in [0.15, 0.2) is 0 Å². The number of aromatic nitrogens is 2. The first kappa shape index (κ1) is 23.7. The number of hydrogen-bond acceptors (Lipinski definition) is 4. The summed E-state index contributed by atoms with van der Waals surface area (Å²) in [4.78, 5) is 12.5. The van der Waals surface area contributed by atoms with E-state index in [9.17, 15) is 4.79 Å². The fourth-order valence-corrected chi connectivity index (χ4v) is 5.42. The molecule has 5 rings (SSSR count). The zero-order valence-electron chi connectivity index (χ0n) is 20.9. The van der Waals surface area contributed by atoms with Gasteiger partial charge in [0, 0.05) is 5.92 Å². The smallest absolute Gasteiger partial charge is 0.341 e. The maximum Gasteiger partial charge on any atom is 0.341 e. The Kier molecular flexibility index (Phi) is 7.21. The number of esters is 1. The Labute approximate surface area is 208 Å². The zero-order chi connectivity index (χ0) is 24.2. The van der Waals surface area contributed by atoms with Gasteiger partial charge in [0.05, 0.1) is 30.3 Å². The Morgan fingerprint density at radius 2 is 1.77 bits per heavy atom. The van der Waals surface area contributed by atoms with E-state index in [1.54, 1.807) is 6.20 Å². The Hall–Kier alpha value is -3.08. The van der Waals surface area contributed by atoms with Gasteiger partial charge >= 0.3 is 5.97 Å². The van der Waals surface area contributed by atoms with Crippen LogP contribution < -0.4 is 4.74 Å². The van der Waals surface area contributed by atoms with E-state index in [0.717, 1.165) is 53.4 Å². The van der Waals surface area contributed by atoms with Crippen molar-refractivity contribution in [1.29, 1.82) is 0 Å². The maximum atomic E-state index is 12.5. The SMILES string of the molecule is CCOC(=O)c1cnn(-c2cccc(-c3cccc(OC(C)CC4CCCCC4)c3)c2)c1C1CC1. The summed E-state index contributed by atoms with van der Waals surface area (Å²) in [6.07, 6.45) is 12.0. The van der Waals surface area contributed by atoms with Gasteiger partial charge < -0.3 is 9.47 Å². The molecule has 0 saturated heterocycles. The quantitative estimate of drug-likeness (QED) is 0.306. The molecular formula is C30H36N2O3. The molecule has 0 bridgehead atoms. The van der Waals surface area contributed by atoms with Gasteiger partial charge in [-0.25, -0.2) is 9.48 Å². The first-order chi connectivity index (χ1) is 17.1. The summed E-state index contributed by atoms with van der Waals surface area (Å²) in [7, 11) is 0. The summed E-state index contributed by atoms with van der Waals surface area (Å²) in [6, 6.07) is 16.7. The van der Waals surface area contributed by atoms with Crippen LogP contribution in [-0.2, 0) is 4.74 Å². The molecule has 1 heterocycles. The summed E-state index contributed by atoms with van der Waals surface area (Å²) in [5, 5.41) is 4.59. The van der Waals surface area contributed by atoms with Crippen molar-refractivity contribution < 1.29 is 14.3 Å². The molecule has 2 aromatic carbocycles. The lowest BCUT2D eigenvalue weighted by Crippen LogP contribution is -2.18. The number of rotatable bonds is 9. The second-order valence-corrected chi connectivity index (χ2v) is 10.1. The first-order valence-corrected chi connectivity index (χ1v) is 13.2. The molecule has 2 aliphatic rings. The number of hydrogen-bond donors (Lipinski definition) is 0. The average molecular weight is 473 g/mol. The molecule has 0 amide bonds. The molecule has 35 heavy (non-hydrogen) atoms. The van der Waals surface area contributed by atoms with E-state index in [0.29, 0.717) is 18.1 Å². The summed E-state index contributed by atoms with van der Waals surface area (Å²) >= 11 is 0. The predicted octanol–water partition coefficient (Wildman–Crippen LogP) is 7.33. The normalized spacial score (nSPS) is 17.2. The van der Waals surface area contributed by atoms with Gasteiger partial charge in [0.25, 0.3) is 0 Å². The minimum absolute atomic E-state index is 0.214. The summed E-state index contributed by atoms with van der Waals surface area (Å²) < 4.78 is 13.5. The molecule has 0 spiro atoms. The Bertz CT molecular complexity index is 1160. The highest BCUT2D eigenvalue weighted by atomic mass is 16.5. The van der Waals surface area contributed by atoms with Crippen molar-refractivity contribution in [3.8, 4) is 22.6 Å². The van der Waals surface area contributed by atoms with Crippen LogP contribution in [0.2, 0.25) is 0 Å². The molecule has 184 valence electrons. The van der Waals surface area contributed by atoms with Crippen molar-refractivity contribution in [1.82, 2.24) is 9.78 Å². The van der Waals surface area contributed by atoms with Crippen molar-refractivity contribution in [2.45, 2.75) is 77.2 Å². The molecule has 5 heteroatoms. The molecule has 1 atom stereocenters. The van der Waals surface area contributed by atoms with Crippen molar-refractivity contribution in [2.75, 3.05) is 6.61 Å². The van der Waals surface area contributed by atoms with Gasteiger partial charge in [-0.3, -0.25) is 0 Å². The van der Waals surface area contributed by atoms with E-state index in [-0.39, 0.29) is 12.1 Å². The van der Waals surface area contributed by atoms with Crippen molar-refractivity contribution in [3.05, 3.63) is 66.0 Å². The minimum Gasteiger partial charge on any atom is -0.491 e. The lowest BCUT2D eigenvalue weighted by molar-refractivity contribution is 0.0525. The molecule has 0 aliphatic heterocycles. The number of carbonyl (C=O) groups excluding carboxylic acids is 1. The Morgan fingerprint density at radius 1 is 1.03 bits per heavy atom. The highest BCUT2D eigenvalue weighted by molar-refractivity contribution is 5.91. The van der Waals surface area contributed by atoms with Gasteiger partial charge in [-0.2, -0.15) is 5.10 Å². The average Bonchev–Trinajstić information content (AvgIpc) is 3.62. The van der Waals surface area contributed by atoms with Gasteiger partial charge in [0.2, 0.25) is 0 Å². The second-order valence-electron chi connectivity index (χ2n) is 10.1. The van der Waals surface area contributed by atoms with Crippen LogP contribution in [0, 0.1) is 5.92 Å². The summed E-state index contributed by atoms with van der Waals surface area (Å²) in [5.41, 5.74) is 4.72. The molecule has 2 fully saturated rings. The molecule has 1 aromatic heterocycles. The molecule has 0 radical (unpaired) electrons. The van der Waals surface area contributed by atoms with Crippen LogP contribution in [-0.4, -0.2) is 28.5 Å². The molecule has 2 saturated carbocycles. The Morgan fingerprint density at radius 3 is 2.51 bits per heavy atom. The van der Waals surface area contributed by atoms with Crippen LogP contribution in [0.15, 0.2) is 54.7 Å². The zero-order valence-corrected chi connectivity index (χ0v) is 20.9. The monoisotopic (exact) mass is 472 g/mol. The number of nitrogens with zero attached hydrogens (tertiary/aromatic N) is 2. The standard InChI is InChI=1S/C30H36N2O3/c1-3-34-30(33)28-20-31-32(29(28)23-15-16-23)26-13-7-11-24(18-26)25-12-8-14-27(19-25)35-21(2)17-22-9-5-4-6-10-22/h7-8,11-14,18-23H,3-6,9-10,15-17H2,1-2H3. The van der Waals surface area contributed by atoms with E-state index in [2.05, 4.69) is 48.4 Å². The molecular weight excluding hydrogens is 436 g/mol. The number of benzene rings is 2. The fourth-order valence-electron chi connectivity index (χ4n) is 5.42. The lowest BCUT2D eigenvalue weighted by Gasteiger charge is -2.25. The summed E-state index contributed by atoms with van der Waals surface area (Å²) in [6.45, 7) is 4.39. The second kappa shape index (κ2) is 10.7. The third-order valence-electron chi connectivity index (χ3n) is 7.25. The largest absolute Gasteiger partial charge is 0.491 e. The van der Waals surface area contributed by atoms with Crippen LogP contribution >= 0.6 is 0 Å². The van der Waals surface area contributed by atoms with Crippen LogP contribution in [0.5, 0.6) is 5.75 Å². The van der Waals surface area contributed by atoms with Gasteiger partial charge in [-0.05, 0) is 74.4 Å². The highest BCUT2D eigenvalue weighted by Gasteiger charge is 2.33. The van der Waals surface area contributed by atoms with Crippen LogP contribution in [0.4, 0.5) is 0 Å². The van der Waals surface area contributed by atoms with Gasteiger partial charge in [-0.15, -0.1) is 0 Å². The molecule has 5 nitrogen and oxygen atoms in total. The van der Waals surface area contributed by atoms with Crippen molar-refractivity contribution >= 4 is 5.97 Å². The third-order valence-corrected chi connectivity index (χ3v) is 7.25. The predicted molar refractivity (Wildman–Crippen MR) is 138 cm³/mol. The summed E-state index contributed by atoms with van der Waals surface area (Å²) in [5.74, 6) is 1.79. The molecule has 2 aliphatic carbocycles. The fraction of sp³-hybridized carbons (Fsp3) is 0.467. The van der Waals surface area contributed by atoms with E-state index in [4.69, 9.17) is 9.47 Å². The van der Waals surface area contributed by atoms with E-state index in [1.807, 2.05) is 23.7 Å². The van der Waals surface area contributed by atoms with Gasteiger partial charge in [0.1, 0.15) is 11.3 Å². The van der Waals surface area contributed by atoms with Crippen LogP contribution in [0.1, 0.15) is 87.2 Å². The maximum absolute atomic E-state index is 12.5. The number of carbonyl (C=O) groups is 1. The first-order valence-electron chi connectivity index (χ1n) is 13.2. The van der Waals surface area contributed by atoms with E-state index in [1.165, 1.54) is 32.1 Å². The van der Waals surface area contributed by atoms with E-state index < -0.39 is 0 Å². The molecule has 3 aromatic rings. The molecule has 0 N–H and O–H groups in total.